The molecule has 0 radical (unpaired) electrons. The molecule has 0 amide bonds. The largest absolute Gasteiger partial charge is 0.463 e. The molecule has 0 aliphatic heterocycles. The van der Waals surface area contributed by atoms with Crippen molar-refractivity contribution in [2.24, 2.45) is 0 Å². The van der Waals surface area contributed by atoms with Crippen LogP contribution in [-0.2, 0) is 25.5 Å². The first-order valence-corrected chi connectivity index (χ1v) is 5.96. The summed E-state index contributed by atoms with van der Waals surface area (Å²) in [5, 5.41) is 0. The highest BCUT2D eigenvalue weighted by atomic mass is 79.9. The Morgan fingerprint density at radius 2 is 1.76 bits per heavy atom. The van der Waals surface area contributed by atoms with Crippen LogP contribution in [0.1, 0.15) is 12.5 Å². The molecular weight excluding hydrogens is 288 g/mol. The minimum absolute atomic E-state index is 0.146. The predicted octanol–water partition coefficient (Wildman–Crippen LogP) is 2.10. The van der Waals surface area contributed by atoms with Crippen molar-refractivity contribution in [1.82, 2.24) is 0 Å². The number of benzene rings is 1. The number of rotatable bonds is 5. The average Bonchev–Trinajstić information content (AvgIpc) is 2.30. The molecule has 0 heterocycles. The fraction of sp³-hybridized carbons (Fsp3) is 0.333. The first-order valence-electron chi connectivity index (χ1n) is 5.17. The molecule has 0 saturated heterocycles. The van der Waals surface area contributed by atoms with Gasteiger partial charge in [0, 0.05) is 4.47 Å². The minimum atomic E-state index is -0.531. The lowest BCUT2D eigenvalue weighted by Crippen LogP contribution is -2.17. The van der Waals surface area contributed by atoms with Gasteiger partial charge < -0.3 is 9.47 Å². The van der Waals surface area contributed by atoms with Crippen LogP contribution in [0.15, 0.2) is 28.7 Å². The van der Waals surface area contributed by atoms with Crippen molar-refractivity contribution in [2.75, 3.05) is 13.2 Å². The van der Waals surface area contributed by atoms with Gasteiger partial charge in [-0.15, -0.1) is 0 Å². The monoisotopic (exact) mass is 300 g/mol. The number of esters is 2. The van der Waals surface area contributed by atoms with Crippen molar-refractivity contribution in [2.45, 2.75) is 13.3 Å². The van der Waals surface area contributed by atoms with Crippen LogP contribution < -0.4 is 0 Å². The lowest BCUT2D eigenvalue weighted by molar-refractivity contribution is -0.158. The number of carbonyl (C=O) groups excluding carboxylic acids is 2. The second-order valence-corrected chi connectivity index (χ2v) is 4.18. The number of hydrogen-bond donors (Lipinski definition) is 0. The number of carbonyl (C=O) groups is 2. The molecule has 17 heavy (non-hydrogen) atoms. The summed E-state index contributed by atoms with van der Waals surface area (Å²) >= 11 is 3.30. The van der Waals surface area contributed by atoms with Gasteiger partial charge in [0.2, 0.25) is 0 Å². The van der Waals surface area contributed by atoms with Crippen LogP contribution in [0, 0.1) is 0 Å². The van der Waals surface area contributed by atoms with Gasteiger partial charge in [-0.25, -0.2) is 4.79 Å². The maximum Gasteiger partial charge on any atom is 0.344 e. The first kappa shape index (κ1) is 13.7. The Hall–Kier alpha value is -1.36. The number of hydrogen-bond acceptors (Lipinski definition) is 4. The number of ether oxygens (including phenoxy) is 2. The Bertz CT molecular complexity index is 386. The van der Waals surface area contributed by atoms with Crippen LogP contribution in [0.4, 0.5) is 0 Å². The summed E-state index contributed by atoms with van der Waals surface area (Å²) in [6.07, 6.45) is 0.146. The van der Waals surface area contributed by atoms with Crippen LogP contribution in [0.3, 0.4) is 0 Å². The highest BCUT2D eigenvalue weighted by Crippen LogP contribution is 2.11. The zero-order chi connectivity index (χ0) is 12.7. The molecule has 1 rings (SSSR count). The van der Waals surface area contributed by atoms with E-state index in [1.807, 2.05) is 24.3 Å². The Kier molecular flexibility index (Phi) is 5.69. The predicted molar refractivity (Wildman–Crippen MR) is 65.4 cm³/mol. The second kappa shape index (κ2) is 7.06. The van der Waals surface area contributed by atoms with E-state index in [9.17, 15) is 9.59 Å². The maximum absolute atomic E-state index is 11.4. The number of halogens is 1. The Morgan fingerprint density at radius 3 is 2.35 bits per heavy atom. The molecule has 0 aliphatic carbocycles. The van der Waals surface area contributed by atoms with Crippen LogP contribution in [0.5, 0.6) is 0 Å². The Morgan fingerprint density at radius 1 is 1.12 bits per heavy atom. The SMILES string of the molecule is CCOC(=O)COC(=O)Cc1ccc(Br)cc1. The summed E-state index contributed by atoms with van der Waals surface area (Å²) in [4.78, 5) is 22.3. The van der Waals surface area contributed by atoms with Gasteiger partial charge in [-0.05, 0) is 24.6 Å². The summed E-state index contributed by atoms with van der Waals surface area (Å²) in [6, 6.07) is 7.31. The zero-order valence-corrected chi connectivity index (χ0v) is 11.0. The molecule has 1 aromatic carbocycles. The van der Waals surface area contributed by atoms with E-state index in [-0.39, 0.29) is 19.6 Å². The van der Waals surface area contributed by atoms with E-state index >= 15 is 0 Å². The topological polar surface area (TPSA) is 52.6 Å². The van der Waals surface area contributed by atoms with Crippen LogP contribution >= 0.6 is 15.9 Å². The molecule has 5 heteroatoms. The molecule has 0 unspecified atom stereocenters. The molecule has 0 aromatic heterocycles. The van der Waals surface area contributed by atoms with Gasteiger partial charge in [0.15, 0.2) is 6.61 Å². The highest BCUT2D eigenvalue weighted by molar-refractivity contribution is 9.10. The highest BCUT2D eigenvalue weighted by Gasteiger charge is 2.08. The van der Waals surface area contributed by atoms with E-state index in [0.29, 0.717) is 0 Å². The van der Waals surface area contributed by atoms with E-state index in [2.05, 4.69) is 20.7 Å². The smallest absolute Gasteiger partial charge is 0.344 e. The molecule has 0 saturated carbocycles. The third-order valence-corrected chi connectivity index (χ3v) is 2.45. The molecule has 0 aliphatic rings. The van der Waals surface area contributed by atoms with Gasteiger partial charge >= 0.3 is 11.9 Å². The fourth-order valence-corrected chi connectivity index (χ4v) is 1.43. The molecule has 92 valence electrons. The summed E-state index contributed by atoms with van der Waals surface area (Å²) in [5.74, 6) is -0.975. The van der Waals surface area contributed by atoms with E-state index in [0.717, 1.165) is 10.0 Å². The van der Waals surface area contributed by atoms with Crippen molar-refractivity contribution in [3.8, 4) is 0 Å². The second-order valence-electron chi connectivity index (χ2n) is 3.27. The average molecular weight is 301 g/mol. The van der Waals surface area contributed by atoms with E-state index in [1.54, 1.807) is 6.92 Å². The third kappa shape index (κ3) is 5.49. The van der Waals surface area contributed by atoms with Crippen LogP contribution in [0.25, 0.3) is 0 Å². The van der Waals surface area contributed by atoms with Crippen LogP contribution in [-0.4, -0.2) is 25.2 Å². The molecule has 0 atom stereocenters. The quantitative estimate of drug-likeness (QED) is 0.782. The summed E-state index contributed by atoms with van der Waals surface area (Å²) < 4.78 is 10.3. The van der Waals surface area contributed by atoms with Gasteiger partial charge in [0.05, 0.1) is 13.0 Å². The third-order valence-electron chi connectivity index (χ3n) is 1.92. The lowest BCUT2D eigenvalue weighted by Gasteiger charge is -2.04. The van der Waals surface area contributed by atoms with Gasteiger partial charge in [0.1, 0.15) is 0 Å². The maximum atomic E-state index is 11.4. The Balaban J connectivity index is 2.34. The van der Waals surface area contributed by atoms with Crippen molar-refractivity contribution in [3.63, 3.8) is 0 Å². The van der Waals surface area contributed by atoms with E-state index in [1.165, 1.54) is 0 Å². The molecule has 0 N–H and O–H groups in total. The fourth-order valence-electron chi connectivity index (χ4n) is 1.16. The summed E-state index contributed by atoms with van der Waals surface area (Å²) in [6.45, 7) is 1.65. The van der Waals surface area contributed by atoms with Gasteiger partial charge in [0.25, 0.3) is 0 Å². The lowest BCUT2D eigenvalue weighted by atomic mass is 10.2. The molecule has 0 bridgehead atoms. The van der Waals surface area contributed by atoms with E-state index < -0.39 is 11.9 Å². The van der Waals surface area contributed by atoms with Crippen LogP contribution in [0.2, 0.25) is 0 Å². The van der Waals surface area contributed by atoms with Crippen molar-refractivity contribution in [1.29, 1.82) is 0 Å². The standard InChI is InChI=1S/C12H13BrO4/c1-2-16-12(15)8-17-11(14)7-9-3-5-10(13)6-4-9/h3-6H,2,7-8H2,1H3. The molecule has 0 spiro atoms. The molecular formula is C12H13BrO4. The van der Waals surface area contributed by atoms with Gasteiger partial charge in [-0.2, -0.15) is 0 Å². The molecule has 4 nitrogen and oxygen atoms in total. The normalized spacial score (nSPS) is 9.76. The summed E-state index contributed by atoms with van der Waals surface area (Å²) in [5.41, 5.74) is 0.835. The Labute approximate surface area is 108 Å². The first-order chi connectivity index (χ1) is 8.11. The molecule has 1 aromatic rings. The van der Waals surface area contributed by atoms with Gasteiger partial charge in [-0.3, -0.25) is 4.79 Å². The van der Waals surface area contributed by atoms with Crippen molar-refractivity contribution in [3.05, 3.63) is 34.3 Å². The molecule has 0 fully saturated rings. The minimum Gasteiger partial charge on any atom is -0.463 e. The van der Waals surface area contributed by atoms with E-state index in [4.69, 9.17) is 4.74 Å². The summed E-state index contributed by atoms with van der Waals surface area (Å²) in [7, 11) is 0. The zero-order valence-electron chi connectivity index (χ0n) is 9.44. The van der Waals surface area contributed by atoms with Crippen molar-refractivity contribution < 1.29 is 19.1 Å². The van der Waals surface area contributed by atoms with Crippen molar-refractivity contribution >= 4 is 27.9 Å². The van der Waals surface area contributed by atoms with Gasteiger partial charge in [-0.1, -0.05) is 28.1 Å².